The van der Waals surface area contributed by atoms with Crippen LogP contribution in [0.2, 0.25) is 0 Å². The van der Waals surface area contributed by atoms with Gasteiger partial charge in [0.2, 0.25) is 6.79 Å². The highest BCUT2D eigenvalue weighted by molar-refractivity contribution is 7.09. The van der Waals surface area contributed by atoms with Crippen LogP contribution >= 0.6 is 11.3 Å². The Hall–Kier alpha value is -3.16. The molecule has 0 aliphatic carbocycles. The molecule has 0 saturated heterocycles. The van der Waals surface area contributed by atoms with Crippen LogP contribution in [0.15, 0.2) is 66.3 Å². The monoisotopic (exact) mass is 418 g/mol. The summed E-state index contributed by atoms with van der Waals surface area (Å²) in [6.45, 7) is 2.58. The maximum absolute atomic E-state index is 5.58. The predicted octanol–water partition coefficient (Wildman–Crippen LogP) is 4.42. The van der Waals surface area contributed by atoms with E-state index in [1.165, 1.54) is 11.1 Å². The van der Waals surface area contributed by atoms with Crippen molar-refractivity contribution in [2.45, 2.75) is 19.6 Å². The fraction of sp³-hybridized carbons (Fsp3) is 0.217. The topological polar surface area (TPSA) is 52.4 Å². The number of hydrogen-bond acceptors (Lipinski definition) is 6. The van der Waals surface area contributed by atoms with E-state index in [0.717, 1.165) is 47.4 Å². The van der Waals surface area contributed by atoms with E-state index in [1.807, 2.05) is 40.5 Å². The maximum Gasteiger partial charge on any atom is 0.231 e. The Morgan fingerprint density at radius 1 is 1.07 bits per heavy atom. The third-order valence-corrected chi connectivity index (χ3v) is 5.76. The third kappa shape index (κ3) is 4.08. The van der Waals surface area contributed by atoms with Gasteiger partial charge in [0.1, 0.15) is 5.01 Å². The molecule has 2 aromatic heterocycles. The quantitative estimate of drug-likeness (QED) is 0.445. The zero-order valence-corrected chi connectivity index (χ0v) is 17.5. The van der Waals surface area contributed by atoms with Crippen molar-refractivity contribution in [3.8, 4) is 22.8 Å². The highest BCUT2D eigenvalue weighted by Gasteiger charge is 2.18. The zero-order valence-electron chi connectivity index (χ0n) is 16.7. The van der Waals surface area contributed by atoms with Gasteiger partial charge in [-0.1, -0.05) is 30.3 Å². The number of nitrogens with zero attached hydrogens (tertiary/aromatic N) is 4. The normalized spacial score (nSPS) is 12.6. The highest BCUT2D eigenvalue weighted by Crippen LogP contribution is 2.36. The summed E-state index contributed by atoms with van der Waals surface area (Å²) in [6.07, 6.45) is 4.00. The van der Waals surface area contributed by atoms with Crippen LogP contribution in [0.25, 0.3) is 11.3 Å². The molecule has 0 amide bonds. The molecule has 0 atom stereocenters. The van der Waals surface area contributed by atoms with Crippen LogP contribution in [0.4, 0.5) is 0 Å². The molecule has 2 aromatic carbocycles. The molecule has 152 valence electrons. The summed E-state index contributed by atoms with van der Waals surface area (Å²) >= 11 is 1.68. The molecule has 1 aliphatic rings. The van der Waals surface area contributed by atoms with Crippen LogP contribution in [-0.2, 0) is 19.6 Å². The van der Waals surface area contributed by atoms with Crippen molar-refractivity contribution in [2.75, 3.05) is 13.8 Å². The third-order valence-electron chi connectivity index (χ3n) is 5.00. The number of fused-ring (bicyclic) bond motifs is 1. The van der Waals surface area contributed by atoms with Gasteiger partial charge in [-0.05, 0) is 30.8 Å². The van der Waals surface area contributed by atoms with Gasteiger partial charge >= 0.3 is 0 Å². The van der Waals surface area contributed by atoms with Crippen LogP contribution in [0.3, 0.4) is 0 Å². The first-order valence-electron chi connectivity index (χ1n) is 9.82. The summed E-state index contributed by atoms with van der Waals surface area (Å²) in [5.74, 6) is 1.55. The number of aromatic nitrogens is 3. The van der Waals surface area contributed by atoms with Gasteiger partial charge in [0, 0.05) is 35.4 Å². The molecule has 7 heteroatoms. The Morgan fingerprint density at radius 3 is 2.77 bits per heavy atom. The summed E-state index contributed by atoms with van der Waals surface area (Å²) in [5, 5.41) is 8.05. The highest BCUT2D eigenvalue weighted by atomic mass is 32.1. The molecule has 0 N–H and O–H groups in total. The van der Waals surface area contributed by atoms with E-state index >= 15 is 0 Å². The van der Waals surface area contributed by atoms with E-state index in [-0.39, 0.29) is 6.79 Å². The van der Waals surface area contributed by atoms with E-state index < -0.39 is 0 Å². The summed E-state index contributed by atoms with van der Waals surface area (Å²) < 4.78 is 13.1. The maximum atomic E-state index is 5.58. The first kappa shape index (κ1) is 18.8. The first-order valence-corrected chi connectivity index (χ1v) is 10.7. The average molecular weight is 419 g/mol. The lowest BCUT2D eigenvalue weighted by Gasteiger charge is -2.15. The molecule has 30 heavy (non-hydrogen) atoms. The van der Waals surface area contributed by atoms with Gasteiger partial charge in [-0.3, -0.25) is 9.58 Å². The van der Waals surface area contributed by atoms with E-state index in [0.29, 0.717) is 0 Å². The van der Waals surface area contributed by atoms with Crippen molar-refractivity contribution >= 4 is 11.3 Å². The van der Waals surface area contributed by atoms with Crippen molar-refractivity contribution < 1.29 is 9.47 Å². The molecule has 0 spiro atoms. The van der Waals surface area contributed by atoms with Gasteiger partial charge in [-0.2, -0.15) is 5.10 Å². The number of rotatable bonds is 7. The van der Waals surface area contributed by atoms with E-state index in [2.05, 4.69) is 47.4 Å². The second-order valence-corrected chi connectivity index (χ2v) is 8.33. The van der Waals surface area contributed by atoms with Crippen molar-refractivity contribution in [1.82, 2.24) is 19.7 Å². The van der Waals surface area contributed by atoms with Crippen molar-refractivity contribution in [3.05, 3.63) is 82.4 Å². The van der Waals surface area contributed by atoms with Crippen LogP contribution in [0.5, 0.6) is 11.5 Å². The van der Waals surface area contributed by atoms with Gasteiger partial charge in [0.15, 0.2) is 11.5 Å². The van der Waals surface area contributed by atoms with E-state index in [4.69, 9.17) is 14.6 Å². The van der Waals surface area contributed by atoms with Crippen LogP contribution < -0.4 is 9.47 Å². The Kier molecular flexibility index (Phi) is 5.21. The standard InChI is InChI=1S/C23H22N4O2S/c1-26(15-22-24-9-10-30-22)13-19-14-27(12-17-5-3-2-4-6-17)25-23(19)18-7-8-20-21(11-18)29-16-28-20/h2-11,14H,12-13,15-16H2,1H3. The molecule has 0 bridgehead atoms. The van der Waals surface area contributed by atoms with Crippen LogP contribution in [-0.4, -0.2) is 33.5 Å². The lowest BCUT2D eigenvalue weighted by atomic mass is 10.1. The van der Waals surface area contributed by atoms with E-state index in [1.54, 1.807) is 11.3 Å². The number of hydrogen-bond donors (Lipinski definition) is 0. The Morgan fingerprint density at radius 2 is 1.93 bits per heavy atom. The molecule has 0 saturated carbocycles. The van der Waals surface area contributed by atoms with Crippen LogP contribution in [0, 0.1) is 0 Å². The predicted molar refractivity (Wildman–Crippen MR) is 117 cm³/mol. The van der Waals surface area contributed by atoms with Crippen molar-refractivity contribution in [1.29, 1.82) is 0 Å². The molecule has 0 unspecified atom stereocenters. The molecule has 0 fully saturated rings. The van der Waals surface area contributed by atoms with Gasteiger partial charge in [-0.25, -0.2) is 4.98 Å². The largest absolute Gasteiger partial charge is 0.454 e. The van der Waals surface area contributed by atoms with Crippen molar-refractivity contribution in [2.24, 2.45) is 0 Å². The Balaban J connectivity index is 1.45. The zero-order chi connectivity index (χ0) is 20.3. The average Bonchev–Trinajstić information content (AvgIpc) is 3.49. The number of ether oxygens (including phenoxy) is 2. The second-order valence-electron chi connectivity index (χ2n) is 7.35. The smallest absolute Gasteiger partial charge is 0.231 e. The first-order chi connectivity index (χ1) is 14.7. The fourth-order valence-electron chi connectivity index (χ4n) is 3.63. The van der Waals surface area contributed by atoms with Gasteiger partial charge in [0.05, 0.1) is 18.8 Å². The summed E-state index contributed by atoms with van der Waals surface area (Å²) in [7, 11) is 2.11. The summed E-state index contributed by atoms with van der Waals surface area (Å²) in [5.41, 5.74) is 4.39. The van der Waals surface area contributed by atoms with Gasteiger partial charge in [-0.15, -0.1) is 11.3 Å². The number of benzene rings is 2. The number of thiazole rings is 1. The second kappa shape index (κ2) is 8.30. The molecule has 1 aliphatic heterocycles. The Bertz CT molecular complexity index is 1130. The summed E-state index contributed by atoms with van der Waals surface area (Å²) in [4.78, 5) is 6.67. The minimum absolute atomic E-state index is 0.268. The van der Waals surface area contributed by atoms with Crippen molar-refractivity contribution in [3.63, 3.8) is 0 Å². The molecular formula is C23H22N4O2S. The summed E-state index contributed by atoms with van der Waals surface area (Å²) in [6, 6.07) is 16.4. The molecule has 4 aromatic rings. The van der Waals surface area contributed by atoms with Crippen LogP contribution in [0.1, 0.15) is 16.1 Å². The lowest BCUT2D eigenvalue weighted by Crippen LogP contribution is -2.17. The fourth-order valence-corrected chi connectivity index (χ4v) is 4.32. The van der Waals surface area contributed by atoms with Gasteiger partial charge in [0.25, 0.3) is 0 Å². The lowest BCUT2D eigenvalue weighted by molar-refractivity contribution is 0.174. The van der Waals surface area contributed by atoms with Gasteiger partial charge < -0.3 is 9.47 Å². The molecule has 0 radical (unpaired) electrons. The molecule has 6 nitrogen and oxygen atoms in total. The minimum atomic E-state index is 0.268. The molecule has 5 rings (SSSR count). The molecular weight excluding hydrogens is 396 g/mol. The molecule has 3 heterocycles. The van der Waals surface area contributed by atoms with E-state index in [9.17, 15) is 0 Å². The SMILES string of the molecule is CN(Cc1nccs1)Cc1cn(Cc2ccccc2)nc1-c1ccc2c(c1)OCO2. The minimum Gasteiger partial charge on any atom is -0.454 e. The Labute approximate surface area is 179 Å².